The average molecular weight is 473 g/mol. The molecule has 1 saturated heterocycles. The Bertz CT molecular complexity index is 1130. The molecule has 1 fully saturated rings. The van der Waals surface area contributed by atoms with Crippen molar-refractivity contribution in [1.82, 2.24) is 9.80 Å². The standard InChI is InChI=1S/C30H36N2O3/c1-21(2)32(30(34)24-8-6-5-7-9-24)19-26-18-31(17-25-14-15-27(35-4)16-29(25)33)20-28(26)23-12-10-22(3)11-13-23/h5-16,21,26,28,33H,17-20H2,1-4H3/t26-,28-/m0/s1. The Hall–Kier alpha value is -3.31. The Labute approximate surface area is 209 Å². The molecular weight excluding hydrogens is 436 g/mol. The summed E-state index contributed by atoms with van der Waals surface area (Å²) in [5.41, 5.74) is 4.16. The molecule has 2 atom stereocenters. The van der Waals surface area contributed by atoms with Crippen LogP contribution in [-0.4, -0.2) is 53.6 Å². The molecule has 0 radical (unpaired) electrons. The molecule has 184 valence electrons. The van der Waals surface area contributed by atoms with Gasteiger partial charge in [0.15, 0.2) is 0 Å². The molecule has 1 N–H and O–H groups in total. The van der Waals surface area contributed by atoms with E-state index in [1.54, 1.807) is 13.2 Å². The molecule has 0 bridgehead atoms. The van der Waals surface area contributed by atoms with E-state index in [-0.39, 0.29) is 23.6 Å². The number of phenols is 1. The Balaban J connectivity index is 1.58. The first kappa shape index (κ1) is 24.8. The van der Waals surface area contributed by atoms with Gasteiger partial charge in [-0.15, -0.1) is 0 Å². The zero-order chi connectivity index (χ0) is 24.9. The predicted molar refractivity (Wildman–Crippen MR) is 140 cm³/mol. The van der Waals surface area contributed by atoms with Gasteiger partial charge in [-0.3, -0.25) is 9.69 Å². The van der Waals surface area contributed by atoms with Crippen molar-refractivity contribution in [2.24, 2.45) is 5.92 Å². The molecule has 3 aromatic rings. The van der Waals surface area contributed by atoms with Crippen LogP contribution in [0.5, 0.6) is 11.5 Å². The van der Waals surface area contributed by atoms with Gasteiger partial charge in [-0.05, 0) is 50.5 Å². The van der Waals surface area contributed by atoms with Gasteiger partial charge in [0, 0.05) is 55.3 Å². The van der Waals surface area contributed by atoms with Gasteiger partial charge < -0.3 is 14.7 Å². The summed E-state index contributed by atoms with van der Waals surface area (Å²) >= 11 is 0. The summed E-state index contributed by atoms with van der Waals surface area (Å²) in [5.74, 6) is 1.57. The molecule has 1 aliphatic heterocycles. The van der Waals surface area contributed by atoms with Crippen LogP contribution in [0.15, 0.2) is 72.8 Å². The minimum atomic E-state index is 0.0782. The fourth-order valence-electron chi connectivity index (χ4n) is 5.04. The molecule has 4 rings (SSSR count). The van der Waals surface area contributed by atoms with Crippen LogP contribution in [0.2, 0.25) is 0 Å². The molecule has 0 unspecified atom stereocenters. The number of ether oxygens (including phenoxy) is 1. The zero-order valence-electron chi connectivity index (χ0n) is 21.1. The van der Waals surface area contributed by atoms with Crippen LogP contribution >= 0.6 is 0 Å². The Morgan fingerprint density at radius 1 is 1.06 bits per heavy atom. The number of carbonyl (C=O) groups is 1. The summed E-state index contributed by atoms with van der Waals surface area (Å²) in [4.78, 5) is 17.8. The van der Waals surface area contributed by atoms with Gasteiger partial charge in [-0.25, -0.2) is 0 Å². The highest BCUT2D eigenvalue weighted by atomic mass is 16.5. The molecule has 1 aliphatic rings. The van der Waals surface area contributed by atoms with E-state index in [4.69, 9.17) is 4.74 Å². The molecule has 35 heavy (non-hydrogen) atoms. The summed E-state index contributed by atoms with van der Waals surface area (Å²) < 4.78 is 5.24. The lowest BCUT2D eigenvalue weighted by molar-refractivity contribution is 0.0668. The van der Waals surface area contributed by atoms with Gasteiger partial charge >= 0.3 is 0 Å². The zero-order valence-corrected chi connectivity index (χ0v) is 21.1. The quantitative estimate of drug-likeness (QED) is 0.472. The van der Waals surface area contributed by atoms with E-state index in [0.29, 0.717) is 24.8 Å². The summed E-state index contributed by atoms with van der Waals surface area (Å²) in [6.45, 7) is 9.36. The summed E-state index contributed by atoms with van der Waals surface area (Å²) in [5, 5.41) is 10.5. The lowest BCUT2D eigenvalue weighted by Gasteiger charge is -2.32. The van der Waals surface area contributed by atoms with Crippen molar-refractivity contribution in [3.8, 4) is 11.5 Å². The number of carbonyl (C=O) groups excluding carboxylic acids is 1. The monoisotopic (exact) mass is 472 g/mol. The number of nitrogens with zero attached hydrogens (tertiary/aromatic N) is 2. The van der Waals surface area contributed by atoms with Crippen LogP contribution in [0, 0.1) is 12.8 Å². The van der Waals surface area contributed by atoms with Gasteiger partial charge in [-0.1, -0.05) is 54.1 Å². The number of rotatable bonds is 8. The maximum absolute atomic E-state index is 13.4. The average Bonchev–Trinajstić information content (AvgIpc) is 3.26. The van der Waals surface area contributed by atoms with E-state index < -0.39 is 0 Å². The van der Waals surface area contributed by atoms with Crippen molar-refractivity contribution < 1.29 is 14.6 Å². The van der Waals surface area contributed by atoms with Gasteiger partial charge in [0.2, 0.25) is 0 Å². The minimum absolute atomic E-state index is 0.0782. The van der Waals surface area contributed by atoms with E-state index in [1.807, 2.05) is 47.4 Å². The topological polar surface area (TPSA) is 53.0 Å². The number of aryl methyl sites for hydroxylation is 1. The first-order valence-electron chi connectivity index (χ1n) is 12.4. The highest BCUT2D eigenvalue weighted by Gasteiger charge is 2.36. The SMILES string of the molecule is COc1ccc(CN2C[C@@H](CN(C(=O)c3ccccc3)C(C)C)[C@H](c3ccc(C)cc3)C2)c(O)c1. The summed E-state index contributed by atoms with van der Waals surface area (Å²) in [7, 11) is 1.60. The van der Waals surface area contributed by atoms with Crippen molar-refractivity contribution in [2.75, 3.05) is 26.7 Å². The van der Waals surface area contributed by atoms with Crippen LogP contribution in [0.4, 0.5) is 0 Å². The molecule has 5 heteroatoms. The Kier molecular flexibility index (Phi) is 7.76. The number of hydrogen-bond donors (Lipinski definition) is 1. The van der Waals surface area contributed by atoms with Crippen LogP contribution in [0.3, 0.4) is 0 Å². The summed E-state index contributed by atoms with van der Waals surface area (Å²) in [6.07, 6.45) is 0. The normalized spacial score (nSPS) is 18.1. The second-order valence-electron chi connectivity index (χ2n) is 9.88. The van der Waals surface area contributed by atoms with E-state index in [1.165, 1.54) is 11.1 Å². The Morgan fingerprint density at radius 3 is 2.40 bits per heavy atom. The maximum atomic E-state index is 13.4. The second kappa shape index (κ2) is 11.0. The highest BCUT2D eigenvalue weighted by Crippen LogP contribution is 2.36. The van der Waals surface area contributed by atoms with E-state index in [2.05, 4.69) is 49.9 Å². The third kappa shape index (κ3) is 5.85. The predicted octanol–water partition coefficient (Wildman–Crippen LogP) is 5.48. The van der Waals surface area contributed by atoms with Crippen LogP contribution < -0.4 is 4.74 Å². The van der Waals surface area contributed by atoms with Gasteiger partial charge in [0.05, 0.1) is 7.11 Å². The minimum Gasteiger partial charge on any atom is -0.507 e. The fraction of sp³-hybridized carbons (Fsp3) is 0.367. The van der Waals surface area contributed by atoms with Crippen molar-refractivity contribution in [2.45, 2.75) is 39.3 Å². The highest BCUT2D eigenvalue weighted by molar-refractivity contribution is 5.94. The first-order chi connectivity index (χ1) is 16.9. The second-order valence-corrected chi connectivity index (χ2v) is 9.88. The number of benzene rings is 3. The number of phenolic OH excluding ortho intramolecular Hbond substituents is 1. The van der Waals surface area contributed by atoms with Gasteiger partial charge in [0.25, 0.3) is 5.91 Å². The van der Waals surface area contributed by atoms with Crippen LogP contribution in [-0.2, 0) is 6.54 Å². The number of hydrogen-bond acceptors (Lipinski definition) is 4. The van der Waals surface area contributed by atoms with Crippen LogP contribution in [0.25, 0.3) is 0 Å². The molecule has 0 aromatic heterocycles. The maximum Gasteiger partial charge on any atom is 0.254 e. The number of likely N-dealkylation sites (tertiary alicyclic amines) is 1. The third-order valence-corrected chi connectivity index (χ3v) is 7.04. The fourth-order valence-corrected chi connectivity index (χ4v) is 5.04. The van der Waals surface area contributed by atoms with Crippen LogP contribution in [0.1, 0.15) is 46.8 Å². The smallest absolute Gasteiger partial charge is 0.254 e. The summed E-state index contributed by atoms with van der Waals surface area (Å²) in [6, 6.07) is 23.9. The van der Waals surface area contributed by atoms with E-state index in [9.17, 15) is 9.90 Å². The number of aromatic hydroxyl groups is 1. The first-order valence-corrected chi connectivity index (χ1v) is 12.4. The van der Waals surface area contributed by atoms with Crippen molar-refractivity contribution >= 4 is 5.91 Å². The van der Waals surface area contributed by atoms with Gasteiger partial charge in [-0.2, -0.15) is 0 Å². The molecule has 0 saturated carbocycles. The van der Waals surface area contributed by atoms with Crippen molar-refractivity contribution in [1.29, 1.82) is 0 Å². The van der Waals surface area contributed by atoms with Gasteiger partial charge in [0.1, 0.15) is 11.5 Å². The molecule has 3 aromatic carbocycles. The largest absolute Gasteiger partial charge is 0.507 e. The van der Waals surface area contributed by atoms with E-state index >= 15 is 0 Å². The lowest BCUT2D eigenvalue weighted by atomic mass is 9.88. The Morgan fingerprint density at radius 2 is 1.77 bits per heavy atom. The molecular formula is C30H36N2O3. The molecule has 1 amide bonds. The molecule has 0 aliphatic carbocycles. The molecule has 1 heterocycles. The molecule has 0 spiro atoms. The lowest BCUT2D eigenvalue weighted by Crippen LogP contribution is -2.42. The van der Waals surface area contributed by atoms with Crippen molar-refractivity contribution in [3.05, 3.63) is 95.1 Å². The van der Waals surface area contributed by atoms with E-state index in [0.717, 1.165) is 24.2 Å². The number of amides is 1. The third-order valence-electron chi connectivity index (χ3n) is 7.04. The number of methoxy groups -OCH3 is 1. The molecule has 5 nitrogen and oxygen atoms in total. The van der Waals surface area contributed by atoms with Crippen molar-refractivity contribution in [3.63, 3.8) is 0 Å².